The Kier molecular flexibility index (Phi) is 3.79. The first kappa shape index (κ1) is 12.4. The molecule has 94 valence electrons. The zero-order chi connectivity index (χ0) is 13.0. The SMILES string of the molecule is Cc1cc(C(=O)NOCc2ccccc2)c(C)o1. The van der Waals surface area contributed by atoms with Gasteiger partial charge in [0.15, 0.2) is 0 Å². The van der Waals surface area contributed by atoms with E-state index in [4.69, 9.17) is 9.25 Å². The van der Waals surface area contributed by atoms with Crippen LogP contribution in [0.15, 0.2) is 40.8 Å². The second-order valence-corrected chi connectivity index (χ2v) is 4.03. The van der Waals surface area contributed by atoms with E-state index in [-0.39, 0.29) is 5.91 Å². The van der Waals surface area contributed by atoms with E-state index in [0.29, 0.717) is 23.7 Å². The second kappa shape index (κ2) is 5.51. The average molecular weight is 245 g/mol. The molecule has 0 saturated carbocycles. The fourth-order valence-electron chi connectivity index (χ4n) is 1.67. The molecule has 2 aromatic rings. The number of hydrogen-bond acceptors (Lipinski definition) is 3. The molecule has 0 radical (unpaired) electrons. The summed E-state index contributed by atoms with van der Waals surface area (Å²) >= 11 is 0. The molecule has 1 aromatic heterocycles. The van der Waals surface area contributed by atoms with Crippen LogP contribution in [0.4, 0.5) is 0 Å². The minimum absolute atomic E-state index is 0.291. The van der Waals surface area contributed by atoms with Crippen molar-refractivity contribution in [3.05, 3.63) is 59.0 Å². The smallest absolute Gasteiger partial charge is 0.278 e. The lowest BCUT2D eigenvalue weighted by Gasteiger charge is -2.05. The third-order valence-electron chi connectivity index (χ3n) is 2.53. The van der Waals surface area contributed by atoms with Crippen molar-refractivity contribution in [2.24, 2.45) is 0 Å². The summed E-state index contributed by atoms with van der Waals surface area (Å²) in [6.07, 6.45) is 0. The largest absolute Gasteiger partial charge is 0.466 e. The number of carbonyl (C=O) groups excluding carboxylic acids is 1. The number of furan rings is 1. The quantitative estimate of drug-likeness (QED) is 0.843. The highest BCUT2D eigenvalue weighted by Gasteiger charge is 2.13. The van der Waals surface area contributed by atoms with E-state index in [1.165, 1.54) is 0 Å². The van der Waals surface area contributed by atoms with Gasteiger partial charge in [-0.1, -0.05) is 30.3 Å². The summed E-state index contributed by atoms with van der Waals surface area (Å²) in [5.41, 5.74) is 3.90. The maximum Gasteiger partial charge on any atom is 0.278 e. The number of nitrogens with one attached hydrogen (secondary N) is 1. The summed E-state index contributed by atoms with van der Waals surface area (Å²) in [6, 6.07) is 11.3. The van der Waals surface area contributed by atoms with Crippen LogP contribution in [0.3, 0.4) is 0 Å². The first-order valence-electron chi connectivity index (χ1n) is 5.70. The summed E-state index contributed by atoms with van der Waals surface area (Å²) in [7, 11) is 0. The van der Waals surface area contributed by atoms with Crippen LogP contribution < -0.4 is 5.48 Å². The predicted octanol–water partition coefficient (Wildman–Crippen LogP) is 2.76. The van der Waals surface area contributed by atoms with E-state index in [0.717, 1.165) is 5.56 Å². The lowest BCUT2D eigenvalue weighted by atomic mass is 10.2. The van der Waals surface area contributed by atoms with Crippen molar-refractivity contribution in [1.82, 2.24) is 5.48 Å². The van der Waals surface area contributed by atoms with Gasteiger partial charge in [0.2, 0.25) is 0 Å². The Morgan fingerprint density at radius 1 is 1.28 bits per heavy atom. The molecule has 1 heterocycles. The van der Waals surface area contributed by atoms with Gasteiger partial charge in [0.1, 0.15) is 11.5 Å². The molecule has 0 unspecified atom stereocenters. The molecule has 1 N–H and O–H groups in total. The summed E-state index contributed by atoms with van der Waals surface area (Å²) in [4.78, 5) is 16.9. The van der Waals surface area contributed by atoms with Crippen LogP contribution in [0, 0.1) is 13.8 Å². The van der Waals surface area contributed by atoms with Crippen LogP contribution in [0.5, 0.6) is 0 Å². The highest BCUT2D eigenvalue weighted by Crippen LogP contribution is 2.13. The lowest BCUT2D eigenvalue weighted by molar-refractivity contribution is 0.0232. The molecule has 4 nitrogen and oxygen atoms in total. The Hall–Kier alpha value is -2.07. The fraction of sp³-hybridized carbons (Fsp3) is 0.214. The molecule has 0 spiro atoms. The summed E-state index contributed by atoms with van der Waals surface area (Å²) in [6.45, 7) is 3.89. The summed E-state index contributed by atoms with van der Waals surface area (Å²) in [5, 5.41) is 0. The summed E-state index contributed by atoms with van der Waals surface area (Å²) < 4.78 is 5.28. The van der Waals surface area contributed by atoms with Crippen LogP contribution in [-0.4, -0.2) is 5.91 Å². The maximum absolute atomic E-state index is 11.8. The number of rotatable bonds is 4. The monoisotopic (exact) mass is 245 g/mol. The standard InChI is InChI=1S/C14H15NO3/c1-10-8-13(11(2)18-10)14(16)15-17-9-12-6-4-3-5-7-12/h3-8H,9H2,1-2H3,(H,15,16). The minimum Gasteiger partial charge on any atom is -0.466 e. The van der Waals surface area contributed by atoms with Gasteiger partial charge in [-0.3, -0.25) is 9.63 Å². The fourth-order valence-corrected chi connectivity index (χ4v) is 1.67. The van der Waals surface area contributed by atoms with Crippen molar-refractivity contribution in [1.29, 1.82) is 0 Å². The third kappa shape index (κ3) is 2.99. The van der Waals surface area contributed by atoms with E-state index in [1.54, 1.807) is 19.9 Å². The Bertz CT molecular complexity index is 531. The molecule has 4 heteroatoms. The number of benzene rings is 1. The van der Waals surface area contributed by atoms with Crippen molar-refractivity contribution >= 4 is 5.91 Å². The molecule has 2 rings (SSSR count). The highest BCUT2D eigenvalue weighted by atomic mass is 16.6. The molecule has 0 aliphatic carbocycles. The molecular formula is C14H15NO3. The number of aryl methyl sites for hydroxylation is 2. The average Bonchev–Trinajstić information content (AvgIpc) is 2.70. The van der Waals surface area contributed by atoms with Gasteiger partial charge in [0.25, 0.3) is 5.91 Å². The van der Waals surface area contributed by atoms with E-state index >= 15 is 0 Å². The lowest BCUT2D eigenvalue weighted by Crippen LogP contribution is -2.23. The maximum atomic E-state index is 11.8. The van der Waals surface area contributed by atoms with Crippen LogP contribution in [0.25, 0.3) is 0 Å². The van der Waals surface area contributed by atoms with Gasteiger partial charge < -0.3 is 4.42 Å². The molecule has 1 amide bonds. The van der Waals surface area contributed by atoms with Crippen LogP contribution in [0.1, 0.15) is 27.4 Å². The van der Waals surface area contributed by atoms with E-state index in [1.807, 2.05) is 30.3 Å². The Labute approximate surface area is 106 Å². The van der Waals surface area contributed by atoms with Crippen molar-refractivity contribution in [3.8, 4) is 0 Å². The molecule has 0 saturated heterocycles. The Morgan fingerprint density at radius 3 is 2.61 bits per heavy atom. The molecule has 0 aliphatic heterocycles. The Balaban J connectivity index is 1.87. The van der Waals surface area contributed by atoms with Gasteiger partial charge >= 0.3 is 0 Å². The first-order chi connectivity index (χ1) is 8.66. The van der Waals surface area contributed by atoms with E-state index < -0.39 is 0 Å². The zero-order valence-electron chi connectivity index (χ0n) is 10.4. The van der Waals surface area contributed by atoms with Crippen molar-refractivity contribution < 1.29 is 14.0 Å². The number of carbonyl (C=O) groups is 1. The van der Waals surface area contributed by atoms with E-state index in [9.17, 15) is 4.79 Å². The number of amides is 1. The van der Waals surface area contributed by atoms with Crippen molar-refractivity contribution in [3.63, 3.8) is 0 Å². The number of hydroxylamine groups is 1. The molecule has 0 bridgehead atoms. The topological polar surface area (TPSA) is 51.5 Å². The van der Waals surface area contributed by atoms with Crippen molar-refractivity contribution in [2.75, 3.05) is 0 Å². The van der Waals surface area contributed by atoms with Crippen molar-refractivity contribution in [2.45, 2.75) is 20.5 Å². The van der Waals surface area contributed by atoms with Crippen LogP contribution in [-0.2, 0) is 11.4 Å². The van der Waals surface area contributed by atoms with Gasteiger partial charge in [0, 0.05) is 0 Å². The summed E-state index contributed by atoms with van der Waals surface area (Å²) in [5.74, 6) is 1.01. The second-order valence-electron chi connectivity index (χ2n) is 4.03. The van der Waals surface area contributed by atoms with Gasteiger partial charge in [-0.2, -0.15) is 0 Å². The van der Waals surface area contributed by atoms with Gasteiger partial charge in [-0.15, -0.1) is 0 Å². The van der Waals surface area contributed by atoms with E-state index in [2.05, 4.69) is 5.48 Å². The zero-order valence-corrected chi connectivity index (χ0v) is 10.4. The van der Waals surface area contributed by atoms with Gasteiger partial charge in [-0.25, -0.2) is 5.48 Å². The Morgan fingerprint density at radius 2 is 2.00 bits per heavy atom. The number of hydrogen-bond donors (Lipinski definition) is 1. The van der Waals surface area contributed by atoms with Crippen LogP contribution >= 0.6 is 0 Å². The van der Waals surface area contributed by atoms with Gasteiger partial charge in [0.05, 0.1) is 12.2 Å². The van der Waals surface area contributed by atoms with Crippen LogP contribution in [0.2, 0.25) is 0 Å². The molecule has 1 aromatic carbocycles. The molecule has 0 atom stereocenters. The molecule has 18 heavy (non-hydrogen) atoms. The first-order valence-corrected chi connectivity index (χ1v) is 5.70. The predicted molar refractivity (Wildman–Crippen MR) is 66.9 cm³/mol. The molecule has 0 fully saturated rings. The minimum atomic E-state index is -0.291. The normalized spacial score (nSPS) is 10.3. The third-order valence-corrected chi connectivity index (χ3v) is 2.53. The van der Waals surface area contributed by atoms with Gasteiger partial charge in [-0.05, 0) is 25.5 Å². The molecular weight excluding hydrogens is 230 g/mol. The highest BCUT2D eigenvalue weighted by molar-refractivity contribution is 5.94. The molecule has 0 aliphatic rings.